The molecule has 0 unspecified atom stereocenters. The number of halogens is 2. The second kappa shape index (κ2) is 11.1. The average molecular weight is 489 g/mol. The van der Waals surface area contributed by atoms with Crippen LogP contribution >= 0.6 is 0 Å². The lowest BCUT2D eigenvalue weighted by Crippen LogP contribution is -2.26. The Balaban J connectivity index is 1.90. The molecule has 1 N–H and O–H groups in total. The van der Waals surface area contributed by atoms with Gasteiger partial charge in [-0.2, -0.15) is 0 Å². The molecule has 1 amide bonds. The monoisotopic (exact) mass is 488 g/mol. The molecule has 7 heteroatoms. The van der Waals surface area contributed by atoms with Crippen molar-refractivity contribution >= 4 is 22.8 Å². The van der Waals surface area contributed by atoms with Gasteiger partial charge in [-0.05, 0) is 48.2 Å². The number of ether oxygens (including phenoxy) is 1. The lowest BCUT2D eigenvalue weighted by atomic mass is 9.92. The molecule has 0 saturated heterocycles. The summed E-state index contributed by atoms with van der Waals surface area (Å²) in [6, 6.07) is 17.8. The molecule has 0 aliphatic carbocycles. The molecule has 1 aromatic heterocycles. The minimum atomic E-state index is -0.491. The molecule has 0 aliphatic rings. The van der Waals surface area contributed by atoms with Gasteiger partial charge in [-0.25, -0.2) is 13.8 Å². The van der Waals surface area contributed by atoms with E-state index in [1.165, 1.54) is 31.4 Å². The van der Waals surface area contributed by atoms with E-state index >= 15 is 0 Å². The molecule has 0 saturated carbocycles. The molecule has 5 nitrogen and oxygen atoms in total. The first kappa shape index (κ1) is 25.0. The Kier molecular flexibility index (Phi) is 7.68. The van der Waals surface area contributed by atoms with Crippen LogP contribution in [0.2, 0.25) is 0 Å². The van der Waals surface area contributed by atoms with E-state index < -0.39 is 11.8 Å². The standard InChI is InChI=1S/C29H26F2N2O3/c1-3-16-32-29(35)27-22(13-15-26(34)36-2)28(33-25-14-12-20(30)17-23(25)27)19-10-8-18(9-11-19)21-6-4-5-7-24(21)31/h4-12,14,17H,3,13,15-16H2,1-2H3,(H,32,35). The van der Waals surface area contributed by atoms with Crippen molar-refractivity contribution in [2.24, 2.45) is 0 Å². The molecule has 3 aromatic carbocycles. The fourth-order valence-corrected chi connectivity index (χ4v) is 4.18. The Hall–Kier alpha value is -4.13. The predicted octanol–water partition coefficient (Wildman–Crippen LogP) is 6.09. The van der Waals surface area contributed by atoms with Crippen LogP contribution in [0.15, 0.2) is 66.7 Å². The predicted molar refractivity (Wildman–Crippen MR) is 135 cm³/mol. The van der Waals surface area contributed by atoms with Gasteiger partial charge in [0.2, 0.25) is 0 Å². The molecule has 0 aliphatic heterocycles. The normalized spacial score (nSPS) is 10.9. The topological polar surface area (TPSA) is 68.3 Å². The molecular formula is C29H26F2N2O3. The first-order valence-electron chi connectivity index (χ1n) is 11.8. The number of pyridine rings is 1. The number of hydrogen-bond donors (Lipinski definition) is 1. The smallest absolute Gasteiger partial charge is 0.305 e. The number of amides is 1. The fraction of sp³-hybridized carbons (Fsp3) is 0.207. The lowest BCUT2D eigenvalue weighted by Gasteiger charge is -2.17. The number of aromatic nitrogens is 1. The van der Waals surface area contributed by atoms with E-state index in [9.17, 15) is 18.4 Å². The van der Waals surface area contributed by atoms with Crippen molar-refractivity contribution in [1.29, 1.82) is 0 Å². The van der Waals surface area contributed by atoms with Crippen LogP contribution in [-0.4, -0.2) is 30.5 Å². The molecule has 0 atom stereocenters. The minimum Gasteiger partial charge on any atom is -0.469 e. The Morgan fingerprint density at radius 2 is 1.69 bits per heavy atom. The first-order chi connectivity index (χ1) is 17.4. The number of methoxy groups -OCH3 is 1. The number of nitrogens with one attached hydrogen (secondary N) is 1. The highest BCUT2D eigenvalue weighted by molar-refractivity contribution is 6.09. The van der Waals surface area contributed by atoms with Crippen molar-refractivity contribution < 1.29 is 23.1 Å². The summed E-state index contributed by atoms with van der Waals surface area (Å²) < 4.78 is 33.3. The van der Waals surface area contributed by atoms with Crippen molar-refractivity contribution in [3.63, 3.8) is 0 Å². The van der Waals surface area contributed by atoms with E-state index in [0.29, 0.717) is 45.4 Å². The highest BCUT2D eigenvalue weighted by Gasteiger charge is 2.23. The third kappa shape index (κ3) is 5.25. The molecule has 184 valence electrons. The average Bonchev–Trinajstić information content (AvgIpc) is 2.90. The van der Waals surface area contributed by atoms with Gasteiger partial charge >= 0.3 is 5.97 Å². The van der Waals surface area contributed by atoms with Gasteiger partial charge in [0.05, 0.1) is 23.9 Å². The Morgan fingerprint density at radius 3 is 2.39 bits per heavy atom. The molecule has 0 fully saturated rings. The molecule has 0 spiro atoms. The Morgan fingerprint density at radius 1 is 0.972 bits per heavy atom. The van der Waals surface area contributed by atoms with Gasteiger partial charge in [0.15, 0.2) is 0 Å². The van der Waals surface area contributed by atoms with Gasteiger partial charge < -0.3 is 10.1 Å². The van der Waals surface area contributed by atoms with E-state index in [2.05, 4.69) is 5.32 Å². The summed E-state index contributed by atoms with van der Waals surface area (Å²) in [5.74, 6) is -1.62. The third-order valence-electron chi connectivity index (χ3n) is 5.96. The second-order valence-electron chi connectivity index (χ2n) is 8.36. The van der Waals surface area contributed by atoms with Gasteiger partial charge in [-0.15, -0.1) is 0 Å². The molecule has 4 rings (SSSR count). The van der Waals surface area contributed by atoms with Gasteiger partial charge in [0.1, 0.15) is 11.6 Å². The summed E-state index contributed by atoms with van der Waals surface area (Å²) in [6.07, 6.45) is 0.920. The zero-order chi connectivity index (χ0) is 25.7. The molecule has 0 bridgehead atoms. The summed E-state index contributed by atoms with van der Waals surface area (Å²) in [5, 5.41) is 3.24. The Bertz CT molecular complexity index is 1420. The maximum atomic E-state index is 14.3. The van der Waals surface area contributed by atoms with Crippen LogP contribution < -0.4 is 5.32 Å². The highest BCUT2D eigenvalue weighted by Crippen LogP contribution is 2.33. The number of hydrogen-bond acceptors (Lipinski definition) is 4. The molecular weight excluding hydrogens is 462 g/mol. The van der Waals surface area contributed by atoms with Crippen molar-refractivity contribution in [1.82, 2.24) is 10.3 Å². The van der Waals surface area contributed by atoms with E-state index in [1.807, 2.05) is 6.92 Å². The van der Waals surface area contributed by atoms with Crippen molar-refractivity contribution in [2.75, 3.05) is 13.7 Å². The van der Waals surface area contributed by atoms with Gasteiger partial charge in [0, 0.05) is 29.5 Å². The lowest BCUT2D eigenvalue weighted by molar-refractivity contribution is -0.140. The van der Waals surface area contributed by atoms with Crippen molar-refractivity contribution in [3.05, 3.63) is 89.5 Å². The number of benzene rings is 3. The number of carbonyl (C=O) groups excluding carboxylic acids is 2. The largest absolute Gasteiger partial charge is 0.469 e. The van der Waals surface area contributed by atoms with Crippen molar-refractivity contribution in [2.45, 2.75) is 26.2 Å². The van der Waals surface area contributed by atoms with Crippen LogP contribution in [0, 0.1) is 11.6 Å². The zero-order valence-electron chi connectivity index (χ0n) is 20.1. The van der Waals surface area contributed by atoms with E-state index in [0.717, 1.165) is 6.42 Å². The van der Waals surface area contributed by atoms with Crippen molar-refractivity contribution in [3.8, 4) is 22.4 Å². The maximum Gasteiger partial charge on any atom is 0.305 e. The number of rotatable bonds is 8. The van der Waals surface area contributed by atoms with Crippen LogP contribution in [0.1, 0.15) is 35.7 Å². The van der Waals surface area contributed by atoms with Crippen LogP contribution in [0.3, 0.4) is 0 Å². The van der Waals surface area contributed by atoms with Gasteiger partial charge in [0.25, 0.3) is 5.91 Å². The van der Waals surface area contributed by atoms with E-state index in [1.54, 1.807) is 42.5 Å². The number of esters is 1. The van der Waals surface area contributed by atoms with Gasteiger partial charge in [-0.1, -0.05) is 49.4 Å². The van der Waals surface area contributed by atoms with Crippen LogP contribution in [-0.2, 0) is 16.0 Å². The summed E-state index contributed by atoms with van der Waals surface area (Å²) in [6.45, 7) is 2.38. The van der Waals surface area contributed by atoms with E-state index in [-0.39, 0.29) is 30.1 Å². The Labute approximate surface area is 208 Å². The number of nitrogens with zero attached hydrogens (tertiary/aromatic N) is 1. The molecule has 1 heterocycles. The third-order valence-corrected chi connectivity index (χ3v) is 5.96. The summed E-state index contributed by atoms with van der Waals surface area (Å²) in [7, 11) is 1.30. The maximum absolute atomic E-state index is 14.3. The first-order valence-corrected chi connectivity index (χ1v) is 11.8. The SMILES string of the molecule is CCCNC(=O)c1c(CCC(=O)OC)c(-c2ccc(-c3ccccc3F)cc2)nc2ccc(F)cc12. The fourth-order valence-electron chi connectivity index (χ4n) is 4.18. The van der Waals surface area contributed by atoms with Crippen LogP contribution in [0.4, 0.5) is 8.78 Å². The highest BCUT2D eigenvalue weighted by atomic mass is 19.1. The molecule has 4 aromatic rings. The zero-order valence-corrected chi connectivity index (χ0v) is 20.1. The van der Waals surface area contributed by atoms with E-state index in [4.69, 9.17) is 9.72 Å². The minimum absolute atomic E-state index is 0.0212. The van der Waals surface area contributed by atoms with Crippen LogP contribution in [0.25, 0.3) is 33.3 Å². The number of carbonyl (C=O) groups is 2. The second-order valence-corrected chi connectivity index (χ2v) is 8.36. The molecule has 36 heavy (non-hydrogen) atoms. The molecule has 0 radical (unpaired) electrons. The summed E-state index contributed by atoms with van der Waals surface area (Å²) in [5.41, 5.74) is 3.60. The number of fused-ring (bicyclic) bond motifs is 1. The summed E-state index contributed by atoms with van der Waals surface area (Å²) in [4.78, 5) is 30.1. The summed E-state index contributed by atoms with van der Waals surface area (Å²) >= 11 is 0. The van der Waals surface area contributed by atoms with Gasteiger partial charge in [-0.3, -0.25) is 9.59 Å². The van der Waals surface area contributed by atoms with Crippen LogP contribution in [0.5, 0.6) is 0 Å². The quantitative estimate of drug-likeness (QED) is 0.305.